The van der Waals surface area contributed by atoms with Crippen molar-refractivity contribution in [2.24, 2.45) is 11.7 Å². The molecule has 0 heterocycles. The molecule has 1 aliphatic carbocycles. The molecule has 0 amide bonds. The third kappa shape index (κ3) is 2.10. The fourth-order valence-corrected chi connectivity index (χ4v) is 1.88. The number of Topliss-reactive ketones (excluding diaryl/α,β-unsaturated/α-hetero) is 1. The summed E-state index contributed by atoms with van der Waals surface area (Å²) in [6.45, 7) is 2.03. The van der Waals surface area contributed by atoms with Gasteiger partial charge in [0.15, 0.2) is 5.78 Å². The van der Waals surface area contributed by atoms with E-state index in [2.05, 4.69) is 0 Å². The predicted octanol–water partition coefficient (Wildman–Crippen LogP) is 2.36. The molecule has 15 heavy (non-hydrogen) atoms. The summed E-state index contributed by atoms with van der Waals surface area (Å²) in [6, 6.07) is 7.50. The van der Waals surface area contributed by atoms with Crippen LogP contribution in [0.3, 0.4) is 0 Å². The van der Waals surface area contributed by atoms with Crippen LogP contribution in [-0.2, 0) is 4.79 Å². The maximum absolute atomic E-state index is 11.9. The average molecular weight is 203 g/mol. The number of hydrogen-bond acceptors (Lipinski definition) is 2. The Morgan fingerprint density at radius 2 is 1.93 bits per heavy atom. The normalized spacial score (nSPS) is 18.3. The van der Waals surface area contributed by atoms with Gasteiger partial charge in [-0.15, -0.1) is 0 Å². The molecule has 1 aliphatic rings. The highest BCUT2D eigenvalue weighted by atomic mass is 16.1. The molecule has 0 radical (unpaired) electrons. The van der Waals surface area contributed by atoms with Crippen LogP contribution >= 0.6 is 0 Å². The van der Waals surface area contributed by atoms with Crippen LogP contribution in [0.25, 0.3) is 0 Å². The van der Waals surface area contributed by atoms with Gasteiger partial charge in [-0.05, 0) is 25.3 Å². The number of hydrogen-bond donors (Lipinski definition) is 1. The van der Waals surface area contributed by atoms with E-state index in [9.17, 15) is 4.79 Å². The van der Waals surface area contributed by atoms with Gasteiger partial charge in [-0.3, -0.25) is 4.79 Å². The predicted molar refractivity (Wildman–Crippen MR) is 60.5 cm³/mol. The fourth-order valence-electron chi connectivity index (χ4n) is 1.88. The molecular weight excluding hydrogens is 186 g/mol. The highest BCUT2D eigenvalue weighted by Crippen LogP contribution is 2.31. The van der Waals surface area contributed by atoms with Crippen LogP contribution in [0.5, 0.6) is 0 Å². The second-order valence-corrected chi connectivity index (χ2v) is 4.42. The van der Waals surface area contributed by atoms with E-state index in [1.807, 2.05) is 31.2 Å². The minimum Gasteiger partial charge on any atom is -0.318 e. The SMILES string of the molecule is Cc1ccc(C(N)C(=O)C2CCC2)cc1. The van der Waals surface area contributed by atoms with Crippen molar-refractivity contribution in [2.75, 3.05) is 0 Å². The van der Waals surface area contributed by atoms with E-state index in [0.717, 1.165) is 18.4 Å². The lowest BCUT2D eigenvalue weighted by molar-refractivity contribution is -0.126. The van der Waals surface area contributed by atoms with Crippen LogP contribution < -0.4 is 5.73 Å². The van der Waals surface area contributed by atoms with Crippen LogP contribution in [-0.4, -0.2) is 5.78 Å². The maximum atomic E-state index is 11.9. The second kappa shape index (κ2) is 4.15. The van der Waals surface area contributed by atoms with Gasteiger partial charge in [0.25, 0.3) is 0 Å². The van der Waals surface area contributed by atoms with Crippen LogP contribution in [0.15, 0.2) is 24.3 Å². The maximum Gasteiger partial charge on any atom is 0.157 e. The summed E-state index contributed by atoms with van der Waals surface area (Å²) in [7, 11) is 0. The van der Waals surface area contributed by atoms with E-state index in [0.29, 0.717) is 0 Å². The molecule has 2 rings (SSSR count). The molecule has 0 aliphatic heterocycles. The number of rotatable bonds is 3. The molecule has 1 saturated carbocycles. The van der Waals surface area contributed by atoms with Gasteiger partial charge in [0.05, 0.1) is 6.04 Å². The Balaban J connectivity index is 2.09. The number of aryl methyl sites for hydroxylation is 1. The Morgan fingerprint density at radius 3 is 2.40 bits per heavy atom. The lowest BCUT2D eigenvalue weighted by Gasteiger charge is -2.26. The van der Waals surface area contributed by atoms with Crippen LogP contribution in [0, 0.1) is 12.8 Å². The first kappa shape index (κ1) is 10.4. The summed E-state index contributed by atoms with van der Waals surface area (Å²) in [5, 5.41) is 0. The van der Waals surface area contributed by atoms with E-state index >= 15 is 0 Å². The molecule has 2 nitrogen and oxygen atoms in total. The van der Waals surface area contributed by atoms with Gasteiger partial charge in [-0.1, -0.05) is 36.2 Å². The van der Waals surface area contributed by atoms with E-state index in [1.54, 1.807) is 0 Å². The summed E-state index contributed by atoms with van der Waals surface area (Å²) in [5.41, 5.74) is 8.09. The fraction of sp³-hybridized carbons (Fsp3) is 0.462. The van der Waals surface area contributed by atoms with Crippen molar-refractivity contribution in [2.45, 2.75) is 32.2 Å². The van der Waals surface area contributed by atoms with Crippen LogP contribution in [0.4, 0.5) is 0 Å². The molecule has 1 unspecified atom stereocenters. The quantitative estimate of drug-likeness (QED) is 0.819. The molecule has 0 bridgehead atoms. The lowest BCUT2D eigenvalue weighted by Crippen LogP contribution is -2.31. The first-order valence-corrected chi connectivity index (χ1v) is 5.54. The topological polar surface area (TPSA) is 43.1 Å². The third-order valence-electron chi connectivity index (χ3n) is 3.25. The van der Waals surface area contributed by atoms with Crippen molar-refractivity contribution >= 4 is 5.78 Å². The van der Waals surface area contributed by atoms with E-state index < -0.39 is 6.04 Å². The first-order valence-electron chi connectivity index (χ1n) is 5.54. The Morgan fingerprint density at radius 1 is 1.33 bits per heavy atom. The number of carbonyl (C=O) groups is 1. The molecule has 1 atom stereocenters. The summed E-state index contributed by atoms with van der Waals surface area (Å²) >= 11 is 0. The van der Waals surface area contributed by atoms with Crippen molar-refractivity contribution in [1.29, 1.82) is 0 Å². The monoisotopic (exact) mass is 203 g/mol. The summed E-state index contributed by atoms with van der Waals surface area (Å²) in [4.78, 5) is 11.9. The first-order chi connectivity index (χ1) is 7.18. The second-order valence-electron chi connectivity index (χ2n) is 4.42. The molecule has 0 aromatic heterocycles. The van der Waals surface area contributed by atoms with E-state index in [1.165, 1.54) is 12.0 Å². The van der Waals surface area contributed by atoms with Gasteiger partial charge in [-0.25, -0.2) is 0 Å². The number of benzene rings is 1. The largest absolute Gasteiger partial charge is 0.318 e. The van der Waals surface area contributed by atoms with Crippen molar-refractivity contribution in [3.8, 4) is 0 Å². The lowest BCUT2D eigenvalue weighted by atomic mass is 9.79. The highest BCUT2D eigenvalue weighted by Gasteiger charge is 2.29. The highest BCUT2D eigenvalue weighted by molar-refractivity contribution is 5.87. The number of nitrogens with two attached hydrogens (primary N) is 1. The summed E-state index contributed by atoms with van der Waals surface area (Å²) in [6.07, 6.45) is 3.23. The third-order valence-corrected chi connectivity index (χ3v) is 3.25. The molecule has 80 valence electrons. The zero-order valence-electron chi connectivity index (χ0n) is 9.07. The van der Waals surface area contributed by atoms with Gasteiger partial charge in [0.1, 0.15) is 0 Å². The zero-order chi connectivity index (χ0) is 10.8. The van der Waals surface area contributed by atoms with Gasteiger partial charge in [0, 0.05) is 5.92 Å². The molecule has 2 heteroatoms. The van der Waals surface area contributed by atoms with Gasteiger partial charge < -0.3 is 5.73 Å². The van der Waals surface area contributed by atoms with Crippen LogP contribution in [0.2, 0.25) is 0 Å². The number of carbonyl (C=O) groups excluding carboxylic acids is 1. The molecule has 1 aromatic carbocycles. The minimum absolute atomic E-state index is 0.213. The van der Waals surface area contributed by atoms with Crippen molar-refractivity contribution in [3.63, 3.8) is 0 Å². The van der Waals surface area contributed by atoms with Crippen molar-refractivity contribution < 1.29 is 4.79 Å². The molecule has 2 N–H and O–H groups in total. The number of ketones is 1. The van der Waals surface area contributed by atoms with Crippen molar-refractivity contribution in [3.05, 3.63) is 35.4 Å². The molecule has 0 saturated heterocycles. The van der Waals surface area contributed by atoms with Gasteiger partial charge >= 0.3 is 0 Å². The standard InChI is InChI=1S/C13H17NO/c1-9-5-7-10(8-6-9)12(14)13(15)11-3-2-4-11/h5-8,11-12H,2-4,14H2,1H3. The summed E-state index contributed by atoms with van der Waals surface area (Å²) in [5.74, 6) is 0.436. The molecule has 1 aromatic rings. The Kier molecular flexibility index (Phi) is 2.87. The smallest absolute Gasteiger partial charge is 0.157 e. The molecular formula is C13H17NO. The van der Waals surface area contributed by atoms with Crippen LogP contribution in [0.1, 0.15) is 36.4 Å². The minimum atomic E-state index is -0.420. The Bertz CT molecular complexity index is 351. The van der Waals surface area contributed by atoms with E-state index in [4.69, 9.17) is 5.73 Å². The summed E-state index contributed by atoms with van der Waals surface area (Å²) < 4.78 is 0. The van der Waals surface area contributed by atoms with Crippen molar-refractivity contribution in [1.82, 2.24) is 0 Å². The Hall–Kier alpha value is -1.15. The van der Waals surface area contributed by atoms with Gasteiger partial charge in [-0.2, -0.15) is 0 Å². The zero-order valence-corrected chi connectivity index (χ0v) is 9.07. The average Bonchev–Trinajstić information content (AvgIpc) is 2.15. The Labute approximate surface area is 90.5 Å². The molecule has 0 spiro atoms. The molecule has 1 fully saturated rings. The van der Waals surface area contributed by atoms with E-state index in [-0.39, 0.29) is 11.7 Å². The van der Waals surface area contributed by atoms with Gasteiger partial charge in [0.2, 0.25) is 0 Å².